The first-order chi connectivity index (χ1) is 13.3. The van der Waals surface area contributed by atoms with Gasteiger partial charge in [-0.25, -0.2) is 0 Å². The second kappa shape index (κ2) is 7.24. The van der Waals surface area contributed by atoms with E-state index in [1.165, 1.54) is 5.56 Å². The van der Waals surface area contributed by atoms with Gasteiger partial charge in [0.25, 0.3) is 5.91 Å². The van der Waals surface area contributed by atoms with Gasteiger partial charge < -0.3 is 14.8 Å². The van der Waals surface area contributed by atoms with E-state index in [0.717, 1.165) is 54.6 Å². The maximum atomic E-state index is 13.4. The van der Waals surface area contributed by atoms with Crippen LogP contribution in [0, 0.1) is 19.8 Å². The van der Waals surface area contributed by atoms with Crippen molar-refractivity contribution in [3.05, 3.63) is 35.0 Å². The summed E-state index contributed by atoms with van der Waals surface area (Å²) in [5, 5.41) is 1.13. The molecule has 3 saturated heterocycles. The molecule has 0 aliphatic carbocycles. The van der Waals surface area contributed by atoms with Crippen molar-refractivity contribution in [2.75, 3.05) is 40.3 Å². The van der Waals surface area contributed by atoms with Crippen molar-refractivity contribution >= 4 is 22.7 Å². The highest BCUT2D eigenvalue weighted by Gasteiger charge is 2.38. The summed E-state index contributed by atoms with van der Waals surface area (Å²) < 4.78 is 0. The Morgan fingerprint density at radius 1 is 1.14 bits per heavy atom. The molecule has 150 valence electrons. The molecule has 6 heteroatoms. The van der Waals surface area contributed by atoms with Crippen LogP contribution in [0.1, 0.15) is 34.5 Å². The Balaban J connectivity index is 1.55. The van der Waals surface area contributed by atoms with Crippen LogP contribution < -0.4 is 0 Å². The van der Waals surface area contributed by atoms with Crippen LogP contribution in [0.3, 0.4) is 0 Å². The van der Waals surface area contributed by atoms with Gasteiger partial charge in [-0.15, -0.1) is 0 Å². The van der Waals surface area contributed by atoms with E-state index in [1.54, 1.807) is 19.0 Å². The molecule has 3 aliphatic heterocycles. The molecule has 1 N–H and O–H groups in total. The second-order valence-corrected chi connectivity index (χ2v) is 8.67. The molecule has 0 radical (unpaired) electrons. The Labute approximate surface area is 166 Å². The number of nitrogens with zero attached hydrogens (tertiary/aromatic N) is 3. The van der Waals surface area contributed by atoms with Gasteiger partial charge in [-0.2, -0.15) is 0 Å². The third-order valence-electron chi connectivity index (χ3n) is 6.46. The highest BCUT2D eigenvalue weighted by atomic mass is 16.2. The first-order valence-electron chi connectivity index (χ1n) is 10.2. The zero-order chi connectivity index (χ0) is 20.0. The average molecular weight is 383 g/mol. The molecule has 2 aromatic rings. The summed E-state index contributed by atoms with van der Waals surface area (Å²) in [6, 6.07) is 6.17. The molecule has 28 heavy (non-hydrogen) atoms. The number of H-pyrrole nitrogens is 1. The Kier molecular flexibility index (Phi) is 4.91. The van der Waals surface area contributed by atoms with E-state index in [9.17, 15) is 9.59 Å². The molecule has 1 aromatic heterocycles. The summed E-state index contributed by atoms with van der Waals surface area (Å²) in [6.07, 6.45) is 2.16. The van der Waals surface area contributed by atoms with Gasteiger partial charge in [-0.05, 0) is 56.4 Å². The molecule has 1 aromatic carbocycles. The maximum absolute atomic E-state index is 13.4. The van der Waals surface area contributed by atoms with Crippen molar-refractivity contribution in [1.29, 1.82) is 0 Å². The Bertz CT molecular complexity index is 917. The second-order valence-electron chi connectivity index (χ2n) is 8.67. The molecule has 3 aliphatic rings. The number of aromatic amines is 1. The largest absolute Gasteiger partial charge is 0.358 e. The van der Waals surface area contributed by atoms with E-state index in [4.69, 9.17) is 0 Å². The summed E-state index contributed by atoms with van der Waals surface area (Å²) in [5.74, 6) is 0.691. The number of carbonyl (C=O) groups is 2. The summed E-state index contributed by atoms with van der Waals surface area (Å²) in [6.45, 7) is 7.07. The lowest BCUT2D eigenvalue weighted by Crippen LogP contribution is -2.47. The van der Waals surface area contributed by atoms with Crippen molar-refractivity contribution in [1.82, 2.24) is 19.7 Å². The number of hydrogen-bond acceptors (Lipinski definition) is 3. The van der Waals surface area contributed by atoms with Gasteiger partial charge in [0, 0.05) is 61.9 Å². The minimum Gasteiger partial charge on any atom is -0.358 e. The lowest BCUT2D eigenvalue weighted by atomic mass is 9.94. The van der Waals surface area contributed by atoms with Crippen LogP contribution in [0.5, 0.6) is 0 Å². The normalized spacial score (nSPS) is 22.5. The number of aromatic nitrogens is 1. The van der Waals surface area contributed by atoms with Crippen molar-refractivity contribution in [3.63, 3.8) is 0 Å². The number of benzene rings is 1. The molecular formula is C22H30N4O2. The minimum absolute atomic E-state index is 0.121. The zero-order valence-corrected chi connectivity index (χ0v) is 17.3. The van der Waals surface area contributed by atoms with Crippen LogP contribution in [0.4, 0.5) is 0 Å². The summed E-state index contributed by atoms with van der Waals surface area (Å²) >= 11 is 0. The molecule has 4 heterocycles. The molecule has 0 saturated carbocycles. The molecule has 2 bridgehead atoms. The third kappa shape index (κ3) is 3.41. The first kappa shape index (κ1) is 19.0. The van der Waals surface area contributed by atoms with E-state index in [2.05, 4.69) is 28.6 Å². The molecule has 5 rings (SSSR count). The number of amides is 2. The fraction of sp³-hybridized carbons (Fsp3) is 0.545. The van der Waals surface area contributed by atoms with Gasteiger partial charge in [0.05, 0.1) is 6.54 Å². The molecule has 0 unspecified atom stereocenters. The van der Waals surface area contributed by atoms with Gasteiger partial charge in [0.2, 0.25) is 5.91 Å². The van der Waals surface area contributed by atoms with E-state index < -0.39 is 0 Å². The summed E-state index contributed by atoms with van der Waals surface area (Å²) in [4.78, 5) is 34.8. The Morgan fingerprint density at radius 2 is 1.93 bits per heavy atom. The molecular weight excluding hydrogens is 352 g/mol. The van der Waals surface area contributed by atoms with Gasteiger partial charge >= 0.3 is 0 Å². The Hall–Kier alpha value is -2.34. The molecule has 2 atom stereocenters. The fourth-order valence-corrected chi connectivity index (χ4v) is 4.65. The number of nitrogens with one attached hydrogen (secondary N) is 1. The fourth-order valence-electron chi connectivity index (χ4n) is 4.65. The maximum Gasteiger partial charge on any atom is 0.254 e. The van der Waals surface area contributed by atoms with Crippen LogP contribution in [0.25, 0.3) is 10.9 Å². The predicted molar refractivity (Wildman–Crippen MR) is 110 cm³/mol. The lowest BCUT2D eigenvalue weighted by Gasteiger charge is -2.36. The molecule has 2 amide bonds. The quantitative estimate of drug-likeness (QED) is 0.887. The van der Waals surface area contributed by atoms with Crippen LogP contribution in [-0.2, 0) is 4.79 Å². The van der Waals surface area contributed by atoms with Crippen LogP contribution >= 0.6 is 0 Å². The number of rotatable bonds is 3. The summed E-state index contributed by atoms with van der Waals surface area (Å²) in [7, 11) is 3.59. The standard InChI is InChI=1S/C22H30N4O2/c1-14-15(2)23-20-8-6-17(9-19(14)20)22(28)26-11-16-5-7-18(26)12-25(10-16)13-21(27)24(3)4/h6,8-9,16,18,23H,5,7,10-13H2,1-4H3/t16-,18+/m1/s1. The minimum atomic E-state index is 0.121. The van der Waals surface area contributed by atoms with Gasteiger partial charge in [0.1, 0.15) is 0 Å². The number of piperidine rings is 1. The zero-order valence-electron chi connectivity index (χ0n) is 17.3. The van der Waals surface area contributed by atoms with E-state index in [1.807, 2.05) is 18.2 Å². The molecule has 0 spiro atoms. The highest BCUT2D eigenvalue weighted by molar-refractivity contribution is 5.99. The van der Waals surface area contributed by atoms with Gasteiger partial charge in [-0.1, -0.05) is 0 Å². The van der Waals surface area contributed by atoms with Crippen molar-refractivity contribution < 1.29 is 9.59 Å². The van der Waals surface area contributed by atoms with Gasteiger partial charge in [-0.3, -0.25) is 14.5 Å². The number of fused-ring (bicyclic) bond motifs is 5. The van der Waals surface area contributed by atoms with Crippen LogP contribution in [0.2, 0.25) is 0 Å². The van der Waals surface area contributed by atoms with E-state index in [-0.39, 0.29) is 17.9 Å². The van der Waals surface area contributed by atoms with Gasteiger partial charge in [0.15, 0.2) is 0 Å². The number of aryl methyl sites for hydroxylation is 2. The Morgan fingerprint density at radius 3 is 2.68 bits per heavy atom. The highest BCUT2D eigenvalue weighted by Crippen LogP contribution is 2.30. The monoisotopic (exact) mass is 382 g/mol. The van der Waals surface area contributed by atoms with E-state index in [0.29, 0.717) is 12.5 Å². The lowest BCUT2D eigenvalue weighted by molar-refractivity contribution is -0.129. The van der Waals surface area contributed by atoms with E-state index >= 15 is 0 Å². The molecule has 3 fully saturated rings. The van der Waals surface area contributed by atoms with Crippen LogP contribution in [-0.4, -0.2) is 77.8 Å². The van der Waals surface area contributed by atoms with Crippen molar-refractivity contribution in [2.24, 2.45) is 5.92 Å². The third-order valence-corrected chi connectivity index (χ3v) is 6.46. The number of carbonyl (C=O) groups excluding carboxylic acids is 2. The smallest absolute Gasteiger partial charge is 0.254 e. The topological polar surface area (TPSA) is 59.7 Å². The SMILES string of the molecule is Cc1[nH]c2ccc(C(=O)N3C[C@@H]4CC[C@H]3CN(CC(=O)N(C)C)C4)cc2c1C. The van der Waals surface area contributed by atoms with Crippen molar-refractivity contribution in [3.8, 4) is 0 Å². The van der Waals surface area contributed by atoms with Crippen LogP contribution in [0.15, 0.2) is 18.2 Å². The summed E-state index contributed by atoms with van der Waals surface area (Å²) in [5.41, 5.74) is 4.19. The van der Waals surface area contributed by atoms with Crippen molar-refractivity contribution in [2.45, 2.75) is 32.7 Å². The average Bonchev–Trinajstić information content (AvgIpc) is 2.83. The number of likely N-dealkylation sites (N-methyl/N-ethyl adjacent to an activating group) is 1. The predicted octanol–water partition coefficient (Wildman–Crippen LogP) is 2.41. The first-order valence-corrected chi connectivity index (χ1v) is 10.2. The molecule has 6 nitrogen and oxygen atoms in total. The number of hydrogen-bond donors (Lipinski definition) is 1.